The predicted molar refractivity (Wildman–Crippen MR) is 108 cm³/mol. The van der Waals surface area contributed by atoms with Crippen molar-refractivity contribution in [2.75, 3.05) is 11.5 Å². The number of nitrogens with zero attached hydrogens (tertiary/aromatic N) is 3. The fourth-order valence-corrected chi connectivity index (χ4v) is 5.54. The molecule has 1 aromatic heterocycles. The number of para-hydroxylation sites is 1. The molecule has 140 valence electrons. The van der Waals surface area contributed by atoms with Gasteiger partial charge in [0, 0.05) is 22.4 Å². The highest BCUT2D eigenvalue weighted by molar-refractivity contribution is 8.00. The summed E-state index contributed by atoms with van der Waals surface area (Å²) < 4.78 is 27.1. The lowest BCUT2D eigenvalue weighted by Gasteiger charge is -2.10. The van der Waals surface area contributed by atoms with Crippen LogP contribution in [0.2, 0.25) is 5.02 Å². The van der Waals surface area contributed by atoms with E-state index < -0.39 is 9.84 Å². The molecule has 0 N–H and O–H groups in total. The van der Waals surface area contributed by atoms with E-state index in [1.165, 1.54) is 11.8 Å². The van der Waals surface area contributed by atoms with Gasteiger partial charge in [0.05, 0.1) is 10.6 Å². The topological polar surface area (TPSA) is 64.8 Å². The Balaban J connectivity index is 1.51. The fourth-order valence-electron chi connectivity index (χ4n) is 2.80. The summed E-state index contributed by atoms with van der Waals surface area (Å²) in [7, 11) is -3.36. The summed E-state index contributed by atoms with van der Waals surface area (Å²) in [6.07, 6.45) is 2.25. The van der Waals surface area contributed by atoms with Crippen LogP contribution in [0.25, 0.3) is 5.69 Å². The van der Waals surface area contributed by atoms with Crippen molar-refractivity contribution in [2.24, 2.45) is 0 Å². The van der Waals surface area contributed by atoms with Crippen molar-refractivity contribution in [3.63, 3.8) is 0 Å². The van der Waals surface area contributed by atoms with Gasteiger partial charge in [-0.1, -0.05) is 41.6 Å². The van der Waals surface area contributed by atoms with E-state index in [4.69, 9.17) is 11.6 Å². The highest BCUT2D eigenvalue weighted by atomic mass is 35.5. The van der Waals surface area contributed by atoms with Crippen LogP contribution in [0.15, 0.2) is 64.6 Å². The molecule has 27 heavy (non-hydrogen) atoms. The molecular weight excluding hydrogens is 402 g/mol. The van der Waals surface area contributed by atoms with E-state index in [1.807, 2.05) is 30.3 Å². The van der Waals surface area contributed by atoms with Crippen LogP contribution in [-0.4, -0.2) is 34.7 Å². The predicted octanol–water partition coefficient (Wildman–Crippen LogP) is 4.36. The summed E-state index contributed by atoms with van der Waals surface area (Å²) in [5.74, 6) is 1.84. The number of halogens is 1. The molecule has 0 aliphatic heterocycles. The first-order valence-corrected chi connectivity index (χ1v) is 11.7. The first-order chi connectivity index (χ1) is 13.0. The Bertz CT molecular complexity index is 1030. The van der Waals surface area contributed by atoms with Crippen molar-refractivity contribution < 1.29 is 8.42 Å². The fraction of sp³-hybridized carbons (Fsp3) is 0.263. The summed E-state index contributed by atoms with van der Waals surface area (Å²) in [4.78, 5) is 0.288. The molecule has 0 bridgehead atoms. The van der Waals surface area contributed by atoms with Gasteiger partial charge < -0.3 is 0 Å². The molecule has 0 unspecified atom stereocenters. The van der Waals surface area contributed by atoms with Crippen molar-refractivity contribution in [2.45, 2.75) is 28.8 Å². The highest BCUT2D eigenvalue weighted by Crippen LogP contribution is 2.41. The summed E-state index contributed by atoms with van der Waals surface area (Å²) >= 11 is 7.25. The summed E-state index contributed by atoms with van der Waals surface area (Å²) in [5.41, 5.74) is 1.01. The Morgan fingerprint density at radius 2 is 1.74 bits per heavy atom. The molecule has 3 aromatic rings. The molecular formula is C19H18ClN3O2S2. The van der Waals surface area contributed by atoms with Crippen LogP contribution in [0.1, 0.15) is 24.6 Å². The number of thioether (sulfide) groups is 1. The zero-order chi connectivity index (χ0) is 18.9. The molecule has 1 heterocycles. The number of aromatic nitrogens is 3. The normalized spacial score (nSPS) is 14.4. The Labute approximate surface area is 167 Å². The van der Waals surface area contributed by atoms with Gasteiger partial charge in [0.25, 0.3) is 0 Å². The largest absolute Gasteiger partial charge is 0.274 e. The van der Waals surface area contributed by atoms with Gasteiger partial charge in [-0.2, -0.15) is 0 Å². The van der Waals surface area contributed by atoms with Gasteiger partial charge in [-0.25, -0.2) is 8.42 Å². The molecule has 2 aromatic carbocycles. The van der Waals surface area contributed by atoms with E-state index in [9.17, 15) is 8.42 Å². The molecule has 1 saturated carbocycles. The maximum atomic E-state index is 12.5. The molecule has 8 heteroatoms. The monoisotopic (exact) mass is 419 g/mol. The van der Waals surface area contributed by atoms with E-state index in [2.05, 4.69) is 14.8 Å². The standard InChI is InChI=1S/C19H18ClN3O2S2/c20-15-8-10-17(11-9-15)27(24,25)13-12-26-19-22-21-18(14-6-7-14)23(19)16-4-2-1-3-5-16/h1-5,8-11,14H,6-7,12-13H2. The van der Waals surface area contributed by atoms with Gasteiger partial charge in [0.2, 0.25) is 0 Å². The van der Waals surface area contributed by atoms with Crippen molar-refractivity contribution in [3.8, 4) is 5.69 Å². The van der Waals surface area contributed by atoms with E-state index in [1.54, 1.807) is 24.3 Å². The van der Waals surface area contributed by atoms with E-state index in [-0.39, 0.29) is 10.6 Å². The maximum Gasteiger partial charge on any atom is 0.195 e. The van der Waals surface area contributed by atoms with Gasteiger partial charge in [-0.3, -0.25) is 4.57 Å². The van der Waals surface area contributed by atoms with Gasteiger partial charge in [-0.15, -0.1) is 10.2 Å². The summed E-state index contributed by atoms with van der Waals surface area (Å²) in [6.45, 7) is 0. The second-order valence-corrected chi connectivity index (χ2v) is 10.0. The minimum Gasteiger partial charge on any atom is -0.274 e. The van der Waals surface area contributed by atoms with Gasteiger partial charge >= 0.3 is 0 Å². The number of hydrogen-bond donors (Lipinski definition) is 0. The van der Waals surface area contributed by atoms with Crippen LogP contribution in [-0.2, 0) is 9.84 Å². The minimum atomic E-state index is -3.36. The third kappa shape index (κ3) is 4.20. The maximum absolute atomic E-state index is 12.5. The van der Waals surface area contributed by atoms with Crippen LogP contribution in [0.3, 0.4) is 0 Å². The average Bonchev–Trinajstić information content (AvgIpc) is 3.43. The third-order valence-corrected chi connectivity index (χ3v) is 7.54. The highest BCUT2D eigenvalue weighted by Gasteiger charge is 2.31. The smallest absolute Gasteiger partial charge is 0.195 e. The van der Waals surface area contributed by atoms with Gasteiger partial charge in [0.1, 0.15) is 5.82 Å². The first kappa shape index (κ1) is 18.5. The van der Waals surface area contributed by atoms with Crippen molar-refractivity contribution >= 4 is 33.2 Å². The lowest BCUT2D eigenvalue weighted by atomic mass is 10.3. The Hall–Kier alpha value is -1.83. The van der Waals surface area contributed by atoms with Gasteiger partial charge in [0.15, 0.2) is 15.0 Å². The SMILES string of the molecule is O=S(=O)(CCSc1nnc(C2CC2)n1-c1ccccc1)c1ccc(Cl)cc1. The summed E-state index contributed by atoms with van der Waals surface area (Å²) in [5, 5.41) is 9.94. The first-order valence-electron chi connectivity index (χ1n) is 8.66. The molecule has 5 nitrogen and oxygen atoms in total. The lowest BCUT2D eigenvalue weighted by molar-refractivity contribution is 0.597. The second-order valence-electron chi connectivity index (χ2n) is 6.41. The number of sulfone groups is 1. The lowest BCUT2D eigenvalue weighted by Crippen LogP contribution is -2.09. The molecule has 0 saturated heterocycles. The Kier molecular flexibility index (Phi) is 5.25. The summed E-state index contributed by atoms with van der Waals surface area (Å²) in [6, 6.07) is 16.2. The quantitative estimate of drug-likeness (QED) is 0.532. The van der Waals surface area contributed by atoms with Crippen LogP contribution >= 0.6 is 23.4 Å². The molecule has 1 aliphatic rings. The van der Waals surface area contributed by atoms with Crippen molar-refractivity contribution in [3.05, 3.63) is 65.4 Å². The van der Waals surface area contributed by atoms with Crippen LogP contribution in [0, 0.1) is 0 Å². The minimum absolute atomic E-state index is 0.0275. The molecule has 0 atom stereocenters. The van der Waals surface area contributed by atoms with Crippen LogP contribution < -0.4 is 0 Å². The van der Waals surface area contributed by atoms with Crippen molar-refractivity contribution in [1.82, 2.24) is 14.8 Å². The second kappa shape index (κ2) is 7.66. The number of benzene rings is 2. The molecule has 0 amide bonds. The number of rotatable bonds is 7. The Morgan fingerprint density at radius 3 is 2.41 bits per heavy atom. The average molecular weight is 420 g/mol. The zero-order valence-corrected chi connectivity index (χ0v) is 16.8. The molecule has 1 aliphatic carbocycles. The van der Waals surface area contributed by atoms with Crippen LogP contribution in [0.5, 0.6) is 0 Å². The van der Waals surface area contributed by atoms with E-state index in [0.717, 1.165) is 29.5 Å². The zero-order valence-electron chi connectivity index (χ0n) is 14.5. The van der Waals surface area contributed by atoms with Gasteiger partial charge in [-0.05, 0) is 49.2 Å². The molecule has 4 rings (SSSR count). The molecule has 0 radical (unpaired) electrons. The molecule has 0 spiro atoms. The van der Waals surface area contributed by atoms with Crippen LogP contribution in [0.4, 0.5) is 0 Å². The van der Waals surface area contributed by atoms with E-state index >= 15 is 0 Å². The molecule has 1 fully saturated rings. The van der Waals surface area contributed by atoms with E-state index in [0.29, 0.717) is 16.7 Å². The third-order valence-electron chi connectivity index (χ3n) is 4.37. The Morgan fingerprint density at radius 1 is 1.04 bits per heavy atom. The van der Waals surface area contributed by atoms with Crippen molar-refractivity contribution in [1.29, 1.82) is 0 Å². The number of hydrogen-bond acceptors (Lipinski definition) is 5.